The van der Waals surface area contributed by atoms with E-state index < -0.39 is 0 Å². The second-order valence-corrected chi connectivity index (χ2v) is 6.88. The number of piperidine rings is 1. The molecule has 0 unspecified atom stereocenters. The van der Waals surface area contributed by atoms with Crippen LogP contribution in [0.2, 0.25) is 0 Å². The average Bonchev–Trinajstić information content (AvgIpc) is 2.55. The van der Waals surface area contributed by atoms with Crippen molar-refractivity contribution in [3.63, 3.8) is 0 Å². The molecule has 0 saturated carbocycles. The summed E-state index contributed by atoms with van der Waals surface area (Å²) in [7, 11) is 2.18. The standard InChI is InChI=1S/C18H30N4O/c1-14(2)12-20-17-8-7-15(13-21-17)18(23)19-10-9-16-6-4-5-11-22(16)3/h7-8,13-14,16H,4-6,9-12H2,1-3H3,(H,19,23)(H,20,21)/t16-/m1/s1. The lowest BCUT2D eigenvalue weighted by Gasteiger charge is -2.32. The molecule has 2 rings (SSSR count). The van der Waals surface area contributed by atoms with Gasteiger partial charge in [0.2, 0.25) is 0 Å². The molecule has 1 saturated heterocycles. The van der Waals surface area contributed by atoms with Crippen LogP contribution in [0.5, 0.6) is 0 Å². The number of hydrogen-bond acceptors (Lipinski definition) is 4. The van der Waals surface area contributed by atoms with Crippen LogP contribution in [0.15, 0.2) is 18.3 Å². The average molecular weight is 318 g/mol. The number of nitrogens with zero attached hydrogens (tertiary/aromatic N) is 2. The van der Waals surface area contributed by atoms with Crippen molar-refractivity contribution in [2.45, 2.75) is 45.6 Å². The highest BCUT2D eigenvalue weighted by molar-refractivity contribution is 5.94. The number of amides is 1. The molecule has 1 aromatic heterocycles. The van der Waals surface area contributed by atoms with Crippen LogP contribution in [0.3, 0.4) is 0 Å². The monoisotopic (exact) mass is 318 g/mol. The highest BCUT2D eigenvalue weighted by Gasteiger charge is 2.18. The van der Waals surface area contributed by atoms with E-state index in [1.54, 1.807) is 6.20 Å². The predicted molar refractivity (Wildman–Crippen MR) is 94.8 cm³/mol. The van der Waals surface area contributed by atoms with Crippen molar-refractivity contribution >= 4 is 11.7 Å². The van der Waals surface area contributed by atoms with E-state index in [-0.39, 0.29) is 5.91 Å². The van der Waals surface area contributed by atoms with Crippen LogP contribution >= 0.6 is 0 Å². The van der Waals surface area contributed by atoms with Gasteiger partial charge in [-0.1, -0.05) is 20.3 Å². The van der Waals surface area contributed by atoms with E-state index in [0.29, 0.717) is 17.5 Å². The van der Waals surface area contributed by atoms with Gasteiger partial charge in [0.15, 0.2) is 0 Å². The maximum Gasteiger partial charge on any atom is 0.252 e. The summed E-state index contributed by atoms with van der Waals surface area (Å²) in [5.74, 6) is 1.35. The lowest BCUT2D eigenvalue weighted by Crippen LogP contribution is -2.39. The molecule has 0 radical (unpaired) electrons. The van der Waals surface area contributed by atoms with Crippen molar-refractivity contribution in [2.75, 3.05) is 32.0 Å². The summed E-state index contributed by atoms with van der Waals surface area (Å²) in [4.78, 5) is 18.9. The third-order valence-corrected chi connectivity index (χ3v) is 4.40. The van der Waals surface area contributed by atoms with Crippen molar-refractivity contribution in [3.8, 4) is 0 Å². The Morgan fingerprint density at radius 1 is 1.39 bits per heavy atom. The smallest absolute Gasteiger partial charge is 0.252 e. The molecule has 1 aliphatic rings. The van der Waals surface area contributed by atoms with Crippen molar-refractivity contribution in [2.24, 2.45) is 5.92 Å². The first kappa shape index (κ1) is 17.7. The molecule has 1 atom stereocenters. The lowest BCUT2D eigenvalue weighted by molar-refractivity contribution is 0.0945. The molecule has 0 spiro atoms. The van der Waals surface area contributed by atoms with Gasteiger partial charge in [0, 0.05) is 25.3 Å². The fourth-order valence-electron chi connectivity index (χ4n) is 2.90. The second kappa shape index (κ2) is 8.87. The van der Waals surface area contributed by atoms with Gasteiger partial charge in [0.25, 0.3) is 5.91 Å². The summed E-state index contributed by atoms with van der Waals surface area (Å²) in [6.07, 6.45) is 6.50. The first-order valence-electron chi connectivity index (χ1n) is 8.74. The number of rotatable bonds is 7. The molecule has 5 nitrogen and oxygen atoms in total. The Balaban J connectivity index is 1.74. The van der Waals surface area contributed by atoms with E-state index in [4.69, 9.17) is 0 Å². The van der Waals surface area contributed by atoms with Crippen LogP contribution in [0, 0.1) is 5.92 Å². The molecule has 23 heavy (non-hydrogen) atoms. The van der Waals surface area contributed by atoms with E-state index in [1.165, 1.54) is 25.8 Å². The summed E-state index contributed by atoms with van der Waals surface area (Å²) >= 11 is 0. The zero-order valence-electron chi connectivity index (χ0n) is 14.6. The molecule has 5 heteroatoms. The molecular formula is C18H30N4O. The predicted octanol–water partition coefficient (Wildman–Crippen LogP) is 2.75. The molecule has 0 aromatic carbocycles. The fraction of sp³-hybridized carbons (Fsp3) is 0.667. The molecule has 2 N–H and O–H groups in total. The number of hydrogen-bond donors (Lipinski definition) is 2. The largest absolute Gasteiger partial charge is 0.370 e. The number of carbonyl (C=O) groups is 1. The highest BCUT2D eigenvalue weighted by atomic mass is 16.1. The Morgan fingerprint density at radius 2 is 2.22 bits per heavy atom. The molecule has 1 aromatic rings. The fourth-order valence-corrected chi connectivity index (χ4v) is 2.90. The summed E-state index contributed by atoms with van der Waals surface area (Å²) in [6.45, 7) is 7.08. The number of pyridine rings is 1. The summed E-state index contributed by atoms with van der Waals surface area (Å²) in [6, 6.07) is 4.30. The van der Waals surface area contributed by atoms with Crippen LogP contribution < -0.4 is 10.6 Å². The number of aromatic nitrogens is 1. The van der Waals surface area contributed by atoms with Crippen LogP contribution in [0.25, 0.3) is 0 Å². The van der Waals surface area contributed by atoms with Crippen molar-refractivity contribution in [3.05, 3.63) is 23.9 Å². The number of anilines is 1. The van der Waals surface area contributed by atoms with Gasteiger partial charge < -0.3 is 15.5 Å². The van der Waals surface area contributed by atoms with Gasteiger partial charge in [0.1, 0.15) is 5.82 Å². The van der Waals surface area contributed by atoms with Gasteiger partial charge in [-0.05, 0) is 50.9 Å². The van der Waals surface area contributed by atoms with E-state index in [0.717, 1.165) is 25.3 Å². The summed E-state index contributed by atoms with van der Waals surface area (Å²) in [5, 5.41) is 6.26. The highest BCUT2D eigenvalue weighted by Crippen LogP contribution is 2.17. The molecule has 1 amide bonds. The third kappa shape index (κ3) is 5.82. The molecule has 1 aliphatic heterocycles. The molecular weight excluding hydrogens is 288 g/mol. The SMILES string of the molecule is CC(C)CNc1ccc(C(=O)NCC[C@H]2CCCCN2C)cn1. The normalized spacial score (nSPS) is 18.9. The lowest BCUT2D eigenvalue weighted by atomic mass is 10.0. The molecule has 0 bridgehead atoms. The number of nitrogens with one attached hydrogen (secondary N) is 2. The number of likely N-dealkylation sites (tertiary alicyclic amines) is 1. The van der Waals surface area contributed by atoms with Crippen LogP contribution in [0.4, 0.5) is 5.82 Å². The zero-order valence-corrected chi connectivity index (χ0v) is 14.6. The van der Waals surface area contributed by atoms with E-state index in [9.17, 15) is 4.79 Å². The van der Waals surface area contributed by atoms with Gasteiger partial charge in [0.05, 0.1) is 5.56 Å². The van der Waals surface area contributed by atoms with Crippen molar-refractivity contribution in [1.29, 1.82) is 0 Å². The molecule has 2 heterocycles. The van der Waals surface area contributed by atoms with Gasteiger partial charge in [-0.3, -0.25) is 4.79 Å². The minimum absolute atomic E-state index is 0.0358. The topological polar surface area (TPSA) is 57.3 Å². The Kier molecular flexibility index (Phi) is 6.84. The van der Waals surface area contributed by atoms with Crippen LogP contribution in [0.1, 0.15) is 49.9 Å². The maximum absolute atomic E-state index is 12.2. The number of carbonyl (C=O) groups excluding carboxylic acids is 1. The van der Waals surface area contributed by atoms with E-state index >= 15 is 0 Å². The second-order valence-electron chi connectivity index (χ2n) is 6.88. The Bertz CT molecular complexity index is 486. The minimum atomic E-state index is -0.0358. The quantitative estimate of drug-likeness (QED) is 0.811. The molecule has 1 fully saturated rings. The molecule has 128 valence electrons. The van der Waals surface area contributed by atoms with Crippen LogP contribution in [-0.2, 0) is 0 Å². The molecule has 0 aliphatic carbocycles. The minimum Gasteiger partial charge on any atom is -0.370 e. The zero-order chi connectivity index (χ0) is 16.7. The Morgan fingerprint density at radius 3 is 2.87 bits per heavy atom. The Hall–Kier alpha value is -1.62. The van der Waals surface area contributed by atoms with E-state index in [1.807, 2.05) is 12.1 Å². The van der Waals surface area contributed by atoms with E-state index in [2.05, 4.69) is 41.4 Å². The first-order valence-corrected chi connectivity index (χ1v) is 8.74. The van der Waals surface area contributed by atoms with Gasteiger partial charge >= 0.3 is 0 Å². The maximum atomic E-state index is 12.2. The van der Waals surface area contributed by atoms with Crippen molar-refractivity contribution in [1.82, 2.24) is 15.2 Å². The van der Waals surface area contributed by atoms with Gasteiger partial charge in [-0.2, -0.15) is 0 Å². The third-order valence-electron chi connectivity index (χ3n) is 4.40. The van der Waals surface area contributed by atoms with Gasteiger partial charge in [-0.15, -0.1) is 0 Å². The Labute approximate surface area is 139 Å². The summed E-state index contributed by atoms with van der Waals surface area (Å²) in [5.41, 5.74) is 0.622. The van der Waals surface area contributed by atoms with Gasteiger partial charge in [-0.25, -0.2) is 4.98 Å². The first-order chi connectivity index (χ1) is 11.1. The van der Waals surface area contributed by atoms with Crippen LogP contribution in [-0.4, -0.2) is 48.5 Å². The summed E-state index contributed by atoms with van der Waals surface area (Å²) < 4.78 is 0. The van der Waals surface area contributed by atoms with Crippen molar-refractivity contribution < 1.29 is 4.79 Å².